The average Bonchev–Trinajstić information content (AvgIpc) is 2.90. The van der Waals surface area contributed by atoms with E-state index >= 15 is 0 Å². The zero-order chi connectivity index (χ0) is 13.9. The van der Waals surface area contributed by atoms with E-state index in [1.165, 1.54) is 0 Å². The van der Waals surface area contributed by atoms with Gasteiger partial charge in [0.05, 0.1) is 0 Å². The topological polar surface area (TPSA) is 50.7 Å². The molecule has 0 radical (unpaired) electrons. The molecule has 7 heteroatoms. The van der Waals surface area contributed by atoms with Gasteiger partial charge in [-0.2, -0.15) is 0 Å². The highest BCUT2D eigenvalue weighted by Crippen LogP contribution is 2.33. The molecule has 0 amide bonds. The first-order chi connectivity index (χ1) is 9.76. The van der Waals surface area contributed by atoms with E-state index in [9.17, 15) is 0 Å². The molecule has 0 aliphatic rings. The Labute approximate surface area is 133 Å². The second kappa shape index (κ2) is 6.07. The van der Waals surface area contributed by atoms with Crippen LogP contribution in [0.1, 0.15) is 6.92 Å². The maximum atomic E-state index is 4.58. The Hall–Kier alpha value is -1.18. The third kappa shape index (κ3) is 2.94. The maximum absolute atomic E-state index is 4.58. The summed E-state index contributed by atoms with van der Waals surface area (Å²) in [6.07, 6.45) is 1.79. The molecule has 0 aliphatic carbocycles. The standard InChI is InChI=1S/C13H11BrN4S2/c1-2-15-13-17-11-9(5-6-19-11)12(18-13)20-10-4-3-8(14)7-16-10/h3-7H,2H2,1H3,(H,15,17,18). The summed E-state index contributed by atoms with van der Waals surface area (Å²) in [5.41, 5.74) is 0. The first-order valence-electron chi connectivity index (χ1n) is 6.05. The SMILES string of the molecule is CCNc1nc(Sc2ccc(Br)cn2)c2ccsc2n1. The van der Waals surface area contributed by atoms with Crippen molar-refractivity contribution in [3.8, 4) is 0 Å². The van der Waals surface area contributed by atoms with Crippen LogP contribution < -0.4 is 5.32 Å². The normalized spacial score (nSPS) is 10.9. The number of aromatic nitrogens is 3. The minimum Gasteiger partial charge on any atom is -0.354 e. The Morgan fingerprint density at radius 2 is 2.20 bits per heavy atom. The van der Waals surface area contributed by atoms with Gasteiger partial charge in [-0.3, -0.25) is 0 Å². The average molecular weight is 367 g/mol. The molecule has 0 unspecified atom stereocenters. The van der Waals surface area contributed by atoms with Crippen molar-refractivity contribution in [3.05, 3.63) is 34.2 Å². The monoisotopic (exact) mass is 366 g/mol. The molecule has 0 atom stereocenters. The van der Waals surface area contributed by atoms with Crippen LogP contribution in [0.15, 0.2) is 44.3 Å². The van der Waals surface area contributed by atoms with Crippen LogP contribution in [0.5, 0.6) is 0 Å². The van der Waals surface area contributed by atoms with Gasteiger partial charge in [-0.15, -0.1) is 11.3 Å². The fourth-order valence-corrected chi connectivity index (χ4v) is 3.57. The number of anilines is 1. The molecule has 0 aliphatic heterocycles. The summed E-state index contributed by atoms with van der Waals surface area (Å²) >= 11 is 6.57. The highest BCUT2D eigenvalue weighted by Gasteiger charge is 2.10. The number of nitrogens with zero attached hydrogens (tertiary/aromatic N) is 3. The van der Waals surface area contributed by atoms with E-state index in [0.717, 1.165) is 31.3 Å². The quantitative estimate of drug-likeness (QED) is 0.692. The fraction of sp³-hybridized carbons (Fsp3) is 0.154. The molecule has 0 aromatic carbocycles. The summed E-state index contributed by atoms with van der Waals surface area (Å²) in [7, 11) is 0. The maximum Gasteiger partial charge on any atom is 0.225 e. The summed E-state index contributed by atoms with van der Waals surface area (Å²) < 4.78 is 0.971. The van der Waals surface area contributed by atoms with Crippen molar-refractivity contribution in [3.63, 3.8) is 0 Å². The lowest BCUT2D eigenvalue weighted by molar-refractivity contribution is 1.05. The Morgan fingerprint density at radius 3 is 2.95 bits per heavy atom. The molecular formula is C13H11BrN4S2. The van der Waals surface area contributed by atoms with E-state index in [4.69, 9.17) is 0 Å². The van der Waals surface area contributed by atoms with E-state index in [2.05, 4.69) is 42.3 Å². The Bertz CT molecular complexity index is 727. The molecule has 0 spiro atoms. The Balaban J connectivity index is 2.00. The number of hydrogen-bond donors (Lipinski definition) is 1. The zero-order valence-electron chi connectivity index (χ0n) is 10.6. The molecule has 3 aromatic rings. The Morgan fingerprint density at radius 1 is 1.30 bits per heavy atom. The van der Waals surface area contributed by atoms with Gasteiger partial charge in [0, 0.05) is 22.6 Å². The smallest absolute Gasteiger partial charge is 0.225 e. The Kier molecular flexibility index (Phi) is 4.18. The highest BCUT2D eigenvalue weighted by atomic mass is 79.9. The predicted octanol–water partition coefficient (Wildman–Crippen LogP) is 4.43. The third-order valence-electron chi connectivity index (χ3n) is 2.53. The van der Waals surface area contributed by atoms with Gasteiger partial charge in [0.15, 0.2) is 0 Å². The van der Waals surface area contributed by atoms with Crippen LogP contribution in [0.2, 0.25) is 0 Å². The predicted molar refractivity (Wildman–Crippen MR) is 87.6 cm³/mol. The van der Waals surface area contributed by atoms with Crippen molar-refractivity contribution in [2.45, 2.75) is 17.0 Å². The summed E-state index contributed by atoms with van der Waals surface area (Å²) in [5.74, 6) is 0.669. The lowest BCUT2D eigenvalue weighted by Gasteiger charge is -2.06. The van der Waals surface area contributed by atoms with Gasteiger partial charge in [-0.25, -0.2) is 15.0 Å². The lowest BCUT2D eigenvalue weighted by atomic mass is 10.4. The van der Waals surface area contributed by atoms with Crippen LogP contribution in [0, 0.1) is 0 Å². The summed E-state index contributed by atoms with van der Waals surface area (Å²) in [6, 6.07) is 6.01. The van der Waals surface area contributed by atoms with Gasteiger partial charge in [0.25, 0.3) is 0 Å². The van der Waals surface area contributed by atoms with Crippen molar-refractivity contribution < 1.29 is 0 Å². The largest absolute Gasteiger partial charge is 0.354 e. The van der Waals surface area contributed by atoms with Crippen molar-refractivity contribution in [2.75, 3.05) is 11.9 Å². The van der Waals surface area contributed by atoms with Gasteiger partial charge >= 0.3 is 0 Å². The molecule has 1 N–H and O–H groups in total. The molecule has 4 nitrogen and oxygen atoms in total. The first kappa shape index (κ1) is 13.8. The second-order valence-corrected chi connectivity index (χ2v) is 6.76. The molecular weight excluding hydrogens is 356 g/mol. The number of nitrogens with one attached hydrogen (secondary N) is 1. The van der Waals surface area contributed by atoms with Crippen LogP contribution in [0.4, 0.5) is 5.95 Å². The molecule has 0 fully saturated rings. The molecule has 0 saturated heterocycles. The van der Waals surface area contributed by atoms with Crippen molar-refractivity contribution in [1.29, 1.82) is 0 Å². The molecule has 102 valence electrons. The number of hydrogen-bond acceptors (Lipinski definition) is 6. The number of rotatable bonds is 4. The van der Waals surface area contributed by atoms with Crippen molar-refractivity contribution >= 4 is 55.2 Å². The summed E-state index contributed by atoms with van der Waals surface area (Å²) in [4.78, 5) is 14.4. The molecule has 3 heterocycles. The molecule has 0 bridgehead atoms. The fourth-order valence-electron chi connectivity index (χ4n) is 1.66. The highest BCUT2D eigenvalue weighted by molar-refractivity contribution is 9.10. The van der Waals surface area contributed by atoms with Crippen LogP contribution in [-0.2, 0) is 0 Å². The number of pyridine rings is 1. The van der Waals surface area contributed by atoms with E-state index in [0.29, 0.717) is 5.95 Å². The van der Waals surface area contributed by atoms with Gasteiger partial charge < -0.3 is 5.32 Å². The minimum absolute atomic E-state index is 0.669. The summed E-state index contributed by atoms with van der Waals surface area (Å²) in [6.45, 7) is 2.84. The van der Waals surface area contributed by atoms with Crippen LogP contribution in [-0.4, -0.2) is 21.5 Å². The zero-order valence-corrected chi connectivity index (χ0v) is 13.8. The van der Waals surface area contributed by atoms with Crippen LogP contribution in [0.25, 0.3) is 10.2 Å². The van der Waals surface area contributed by atoms with Crippen LogP contribution in [0.3, 0.4) is 0 Å². The van der Waals surface area contributed by atoms with E-state index in [-0.39, 0.29) is 0 Å². The third-order valence-corrected chi connectivity index (χ3v) is 4.76. The van der Waals surface area contributed by atoms with Crippen molar-refractivity contribution in [1.82, 2.24) is 15.0 Å². The number of thiophene rings is 1. The van der Waals surface area contributed by atoms with Gasteiger partial charge in [0.1, 0.15) is 14.9 Å². The van der Waals surface area contributed by atoms with Gasteiger partial charge in [-0.05, 0) is 58.2 Å². The molecule has 3 aromatic heterocycles. The summed E-state index contributed by atoms with van der Waals surface area (Å²) in [5, 5.41) is 8.13. The number of fused-ring (bicyclic) bond motifs is 1. The van der Waals surface area contributed by atoms with E-state index in [1.807, 2.05) is 24.4 Å². The van der Waals surface area contributed by atoms with E-state index in [1.54, 1.807) is 29.3 Å². The van der Waals surface area contributed by atoms with Crippen molar-refractivity contribution in [2.24, 2.45) is 0 Å². The van der Waals surface area contributed by atoms with Crippen LogP contribution >= 0.6 is 39.0 Å². The molecule has 20 heavy (non-hydrogen) atoms. The van der Waals surface area contributed by atoms with E-state index < -0.39 is 0 Å². The van der Waals surface area contributed by atoms with Gasteiger partial charge in [0.2, 0.25) is 5.95 Å². The first-order valence-corrected chi connectivity index (χ1v) is 8.53. The molecule has 3 rings (SSSR count). The minimum atomic E-state index is 0.669. The second-order valence-electron chi connectivity index (χ2n) is 3.94. The lowest BCUT2D eigenvalue weighted by Crippen LogP contribution is -2.02. The van der Waals surface area contributed by atoms with Gasteiger partial charge in [-0.1, -0.05) is 0 Å². The number of halogens is 1. The molecule has 0 saturated carbocycles.